The van der Waals surface area contributed by atoms with Gasteiger partial charge in [-0.2, -0.15) is 0 Å². The van der Waals surface area contributed by atoms with Gasteiger partial charge in [0, 0.05) is 23.1 Å². The second kappa shape index (κ2) is 8.03. The zero-order valence-electron chi connectivity index (χ0n) is 16.2. The van der Waals surface area contributed by atoms with E-state index in [9.17, 15) is 4.79 Å². The third kappa shape index (κ3) is 4.04. The first-order valence-electron chi connectivity index (χ1n) is 9.44. The number of carbonyl (C=O) groups is 1. The van der Waals surface area contributed by atoms with Gasteiger partial charge in [0.2, 0.25) is 0 Å². The van der Waals surface area contributed by atoms with E-state index in [1.807, 2.05) is 24.3 Å². The number of aryl methyl sites for hydroxylation is 1. The molecule has 0 radical (unpaired) electrons. The summed E-state index contributed by atoms with van der Waals surface area (Å²) < 4.78 is 5.21. The molecule has 142 valence electrons. The van der Waals surface area contributed by atoms with E-state index < -0.39 is 5.97 Å². The summed E-state index contributed by atoms with van der Waals surface area (Å²) in [5.41, 5.74) is 4.30. The predicted molar refractivity (Wildman–Crippen MR) is 119 cm³/mol. The van der Waals surface area contributed by atoms with Crippen LogP contribution in [0, 0.1) is 6.92 Å². The Morgan fingerprint density at radius 3 is 2.03 bits per heavy atom. The minimum Gasteiger partial charge on any atom is -0.423 e. The lowest BCUT2D eigenvalue weighted by Gasteiger charge is -2.26. The quantitative estimate of drug-likeness (QED) is 0.219. The Morgan fingerprint density at radius 2 is 1.38 bits per heavy atom. The van der Waals surface area contributed by atoms with E-state index in [-0.39, 0.29) is 0 Å². The number of ether oxygens (including phenoxy) is 1. The summed E-state index contributed by atoms with van der Waals surface area (Å²) in [4.78, 5) is 13.6. The Morgan fingerprint density at radius 1 is 0.793 bits per heavy atom. The van der Waals surface area contributed by atoms with E-state index in [2.05, 4.69) is 73.0 Å². The van der Waals surface area contributed by atoms with Crippen LogP contribution >= 0.6 is 0 Å². The molecule has 4 aromatic rings. The number of benzene rings is 4. The van der Waals surface area contributed by atoms with Crippen LogP contribution < -0.4 is 9.64 Å². The van der Waals surface area contributed by atoms with Crippen LogP contribution in [0.5, 0.6) is 5.75 Å². The van der Waals surface area contributed by atoms with Gasteiger partial charge in [0.15, 0.2) is 0 Å². The molecular formula is C26H21NO2. The fourth-order valence-corrected chi connectivity index (χ4v) is 3.28. The Labute approximate surface area is 170 Å². The molecule has 0 fully saturated rings. The molecule has 4 aromatic carbocycles. The summed E-state index contributed by atoms with van der Waals surface area (Å²) in [6, 6.07) is 30.6. The van der Waals surface area contributed by atoms with Crippen molar-refractivity contribution in [2.24, 2.45) is 0 Å². The number of anilines is 3. The molecule has 4 rings (SSSR count). The van der Waals surface area contributed by atoms with Gasteiger partial charge in [-0.15, -0.1) is 0 Å². The maximum absolute atomic E-state index is 11.4. The summed E-state index contributed by atoms with van der Waals surface area (Å²) >= 11 is 0. The molecule has 0 spiro atoms. The fourth-order valence-electron chi connectivity index (χ4n) is 3.28. The van der Waals surface area contributed by atoms with Crippen molar-refractivity contribution in [3.8, 4) is 5.75 Å². The molecular weight excluding hydrogens is 358 g/mol. The van der Waals surface area contributed by atoms with Gasteiger partial charge >= 0.3 is 5.97 Å². The van der Waals surface area contributed by atoms with Crippen LogP contribution in [0.3, 0.4) is 0 Å². The van der Waals surface area contributed by atoms with E-state index >= 15 is 0 Å². The van der Waals surface area contributed by atoms with Crippen molar-refractivity contribution in [2.75, 3.05) is 4.90 Å². The van der Waals surface area contributed by atoms with Crippen LogP contribution in [0.4, 0.5) is 17.1 Å². The van der Waals surface area contributed by atoms with Gasteiger partial charge in [-0.3, -0.25) is 0 Å². The Bertz CT molecular complexity index is 1160. The molecule has 0 saturated heterocycles. The molecule has 29 heavy (non-hydrogen) atoms. The predicted octanol–water partition coefficient (Wildman–Crippen LogP) is 6.71. The molecule has 0 aromatic heterocycles. The zero-order valence-corrected chi connectivity index (χ0v) is 16.2. The van der Waals surface area contributed by atoms with E-state index in [0.717, 1.165) is 23.1 Å². The van der Waals surface area contributed by atoms with Crippen molar-refractivity contribution in [1.29, 1.82) is 0 Å². The lowest BCUT2D eigenvalue weighted by atomic mass is 10.1. The molecule has 0 heterocycles. The molecule has 0 aliphatic heterocycles. The van der Waals surface area contributed by atoms with Crippen molar-refractivity contribution in [3.05, 3.63) is 109 Å². The summed E-state index contributed by atoms with van der Waals surface area (Å²) in [5, 5.41) is 2.38. The van der Waals surface area contributed by atoms with E-state index in [1.165, 1.54) is 16.3 Å². The monoisotopic (exact) mass is 379 g/mol. The Balaban J connectivity index is 1.78. The molecule has 0 atom stereocenters. The van der Waals surface area contributed by atoms with Crippen LogP contribution in [0.1, 0.15) is 5.56 Å². The highest BCUT2D eigenvalue weighted by Crippen LogP contribution is 2.36. The van der Waals surface area contributed by atoms with Crippen LogP contribution in [0.2, 0.25) is 0 Å². The average molecular weight is 379 g/mol. The summed E-state index contributed by atoms with van der Waals surface area (Å²) in [5.74, 6) is 0.0173. The minimum atomic E-state index is -0.470. The lowest BCUT2D eigenvalue weighted by molar-refractivity contribution is -0.128. The maximum Gasteiger partial charge on any atom is 0.335 e. The van der Waals surface area contributed by atoms with E-state index in [0.29, 0.717) is 5.75 Å². The van der Waals surface area contributed by atoms with Gasteiger partial charge < -0.3 is 9.64 Å². The average Bonchev–Trinajstić information content (AvgIpc) is 2.76. The smallest absolute Gasteiger partial charge is 0.335 e. The standard InChI is InChI=1S/C26H21NO2/c1-3-26(28)29-25-16-14-23(15-17-25)27(22-11-8-19(2)9-12-22)24-13-10-20-6-4-5-7-21(20)18-24/h3-18H,1H2,2H3. The number of esters is 1. The largest absolute Gasteiger partial charge is 0.423 e. The third-order valence-corrected chi connectivity index (χ3v) is 4.76. The molecule has 0 aliphatic carbocycles. The molecule has 3 heteroatoms. The number of fused-ring (bicyclic) bond motifs is 1. The van der Waals surface area contributed by atoms with Crippen LogP contribution in [0.25, 0.3) is 10.8 Å². The highest BCUT2D eigenvalue weighted by atomic mass is 16.5. The Kier molecular flexibility index (Phi) is 5.12. The minimum absolute atomic E-state index is 0.470. The van der Waals surface area contributed by atoms with Crippen molar-refractivity contribution in [2.45, 2.75) is 6.92 Å². The molecule has 0 unspecified atom stereocenters. The topological polar surface area (TPSA) is 29.5 Å². The van der Waals surface area contributed by atoms with Crippen molar-refractivity contribution in [1.82, 2.24) is 0 Å². The van der Waals surface area contributed by atoms with E-state index in [4.69, 9.17) is 4.74 Å². The third-order valence-electron chi connectivity index (χ3n) is 4.76. The highest BCUT2D eigenvalue weighted by molar-refractivity contribution is 5.89. The van der Waals surface area contributed by atoms with E-state index in [1.54, 1.807) is 12.1 Å². The van der Waals surface area contributed by atoms with Gasteiger partial charge in [-0.1, -0.05) is 54.6 Å². The Hall–Kier alpha value is -3.85. The summed E-state index contributed by atoms with van der Waals surface area (Å²) in [6.07, 6.45) is 1.15. The van der Waals surface area contributed by atoms with Crippen molar-refractivity contribution >= 4 is 33.8 Å². The summed E-state index contributed by atoms with van der Waals surface area (Å²) in [7, 11) is 0. The number of hydrogen-bond acceptors (Lipinski definition) is 3. The highest BCUT2D eigenvalue weighted by Gasteiger charge is 2.13. The van der Waals surface area contributed by atoms with Crippen LogP contribution in [-0.4, -0.2) is 5.97 Å². The van der Waals surface area contributed by atoms with Gasteiger partial charge in [-0.05, 0) is 66.2 Å². The maximum atomic E-state index is 11.4. The number of rotatable bonds is 5. The second-order valence-corrected chi connectivity index (χ2v) is 6.82. The van der Waals surface area contributed by atoms with Crippen molar-refractivity contribution < 1.29 is 9.53 Å². The first-order chi connectivity index (χ1) is 14.1. The first-order valence-corrected chi connectivity index (χ1v) is 9.44. The normalized spacial score (nSPS) is 10.5. The first kappa shape index (κ1) is 18.5. The van der Waals surface area contributed by atoms with Crippen LogP contribution in [-0.2, 0) is 4.79 Å². The number of hydrogen-bond donors (Lipinski definition) is 0. The number of carbonyl (C=O) groups excluding carboxylic acids is 1. The fraction of sp³-hybridized carbons (Fsp3) is 0.0385. The molecule has 3 nitrogen and oxygen atoms in total. The molecule has 0 N–H and O–H groups in total. The second-order valence-electron chi connectivity index (χ2n) is 6.82. The lowest BCUT2D eigenvalue weighted by Crippen LogP contribution is -2.10. The molecule has 0 aliphatic rings. The van der Waals surface area contributed by atoms with Gasteiger partial charge in [0.25, 0.3) is 0 Å². The SMILES string of the molecule is C=CC(=O)Oc1ccc(N(c2ccc(C)cc2)c2ccc3ccccc3c2)cc1. The number of nitrogens with zero attached hydrogens (tertiary/aromatic N) is 1. The van der Waals surface area contributed by atoms with Gasteiger partial charge in [0.05, 0.1) is 0 Å². The van der Waals surface area contributed by atoms with Gasteiger partial charge in [-0.25, -0.2) is 4.79 Å². The molecule has 0 saturated carbocycles. The zero-order chi connectivity index (χ0) is 20.2. The molecule has 0 amide bonds. The molecule has 0 bridgehead atoms. The van der Waals surface area contributed by atoms with Crippen LogP contribution in [0.15, 0.2) is 104 Å². The van der Waals surface area contributed by atoms with Gasteiger partial charge in [0.1, 0.15) is 5.75 Å². The summed E-state index contributed by atoms with van der Waals surface area (Å²) in [6.45, 7) is 5.51. The van der Waals surface area contributed by atoms with Crippen molar-refractivity contribution in [3.63, 3.8) is 0 Å².